The zero-order valence-electron chi connectivity index (χ0n) is 11.9. The number of alkyl halides is 8. The van der Waals surface area contributed by atoms with Gasteiger partial charge >= 0.3 is 23.9 Å². The Hall–Kier alpha value is -1.13. The molecule has 0 aliphatic heterocycles. The molecule has 0 saturated heterocycles. The second-order valence-electron chi connectivity index (χ2n) is 4.82. The van der Waals surface area contributed by atoms with E-state index in [0.717, 1.165) is 0 Å². The Morgan fingerprint density at radius 3 is 1.68 bits per heavy atom. The summed E-state index contributed by atoms with van der Waals surface area (Å²) in [6, 6.07) is 0. The van der Waals surface area contributed by atoms with Gasteiger partial charge in [0, 0.05) is 12.8 Å². The fourth-order valence-electron chi connectivity index (χ4n) is 1.37. The lowest BCUT2D eigenvalue weighted by Crippen LogP contribution is -2.60. The summed E-state index contributed by atoms with van der Waals surface area (Å²) in [6.45, 7) is 1.16. The molecule has 0 bridgehead atoms. The fraction of sp³-hybridized carbons (Fsp3) is 0.909. The van der Waals surface area contributed by atoms with Gasteiger partial charge in [0.05, 0.1) is 7.11 Å². The molecule has 0 aliphatic rings. The largest absolute Gasteiger partial charge is 0.467 e. The summed E-state index contributed by atoms with van der Waals surface area (Å²) in [7, 11) is 0.428. The average molecular weight is 346 g/mol. The molecule has 0 fully saturated rings. The standard InChI is InChI=1S/C11H14F8O3/c1-5(2)10(17,8(3,13)14)22-11(18,19)9(15,16)6(12)7(20)21-4/h5-6H,1-4H3. The molecule has 0 saturated carbocycles. The first kappa shape index (κ1) is 20.9. The van der Waals surface area contributed by atoms with Gasteiger partial charge in [-0.1, -0.05) is 13.8 Å². The Kier molecular flexibility index (Phi) is 5.85. The lowest BCUT2D eigenvalue weighted by molar-refractivity contribution is -0.445. The lowest BCUT2D eigenvalue weighted by Gasteiger charge is -2.39. The minimum Gasteiger partial charge on any atom is -0.467 e. The third-order valence-electron chi connectivity index (χ3n) is 2.73. The molecule has 0 aromatic rings. The van der Waals surface area contributed by atoms with Crippen molar-refractivity contribution < 1.29 is 49.4 Å². The van der Waals surface area contributed by atoms with Crippen LogP contribution >= 0.6 is 0 Å². The Morgan fingerprint density at radius 1 is 1.00 bits per heavy atom. The zero-order valence-corrected chi connectivity index (χ0v) is 11.9. The highest BCUT2D eigenvalue weighted by molar-refractivity contribution is 5.75. The first-order chi connectivity index (χ1) is 9.54. The van der Waals surface area contributed by atoms with E-state index < -0.39 is 41.9 Å². The Balaban J connectivity index is 5.69. The van der Waals surface area contributed by atoms with Crippen LogP contribution in [0.2, 0.25) is 0 Å². The molecule has 0 heterocycles. The Morgan fingerprint density at radius 2 is 1.41 bits per heavy atom. The van der Waals surface area contributed by atoms with Crippen molar-refractivity contribution in [2.45, 2.75) is 50.8 Å². The van der Waals surface area contributed by atoms with Gasteiger partial charge in [0.25, 0.3) is 12.0 Å². The van der Waals surface area contributed by atoms with E-state index in [1.165, 1.54) is 0 Å². The van der Waals surface area contributed by atoms with E-state index in [9.17, 15) is 39.9 Å². The van der Waals surface area contributed by atoms with Gasteiger partial charge in [0.2, 0.25) is 0 Å². The number of halogens is 8. The van der Waals surface area contributed by atoms with Gasteiger partial charge in [-0.05, 0) is 0 Å². The predicted molar refractivity (Wildman–Crippen MR) is 57.2 cm³/mol. The SMILES string of the molecule is COC(=O)C(F)C(F)(F)C(F)(F)OC(F)(C(C)C)C(C)(F)F. The highest BCUT2D eigenvalue weighted by atomic mass is 19.3. The molecule has 0 N–H and O–H groups in total. The van der Waals surface area contributed by atoms with Gasteiger partial charge < -0.3 is 4.74 Å². The van der Waals surface area contributed by atoms with Crippen LogP contribution in [0.1, 0.15) is 20.8 Å². The smallest absolute Gasteiger partial charge is 0.425 e. The van der Waals surface area contributed by atoms with Crippen LogP contribution < -0.4 is 0 Å². The van der Waals surface area contributed by atoms with E-state index in [1.54, 1.807) is 0 Å². The van der Waals surface area contributed by atoms with Gasteiger partial charge in [0.15, 0.2) is 0 Å². The number of carbonyl (C=O) groups is 1. The summed E-state index contributed by atoms with van der Waals surface area (Å²) in [6.07, 6.45) is -10.3. The molecule has 2 atom stereocenters. The number of carbonyl (C=O) groups excluding carboxylic acids is 1. The minimum atomic E-state index is -6.04. The van der Waals surface area contributed by atoms with Crippen LogP contribution in [0, 0.1) is 5.92 Å². The molecule has 0 aliphatic carbocycles. The Labute approximate surface area is 120 Å². The van der Waals surface area contributed by atoms with Crippen molar-refractivity contribution >= 4 is 5.97 Å². The average Bonchev–Trinajstić information content (AvgIpc) is 2.34. The minimum absolute atomic E-state index is 0.172. The summed E-state index contributed by atoms with van der Waals surface area (Å²) in [5.41, 5.74) is 0. The van der Waals surface area contributed by atoms with Gasteiger partial charge in [-0.15, -0.1) is 0 Å². The number of hydrogen-bond donors (Lipinski definition) is 0. The van der Waals surface area contributed by atoms with Crippen LogP contribution in [0.25, 0.3) is 0 Å². The molecule has 0 rings (SSSR count). The predicted octanol–water partition coefficient (Wildman–Crippen LogP) is 3.72. The first-order valence-electron chi connectivity index (χ1n) is 5.79. The molecule has 0 amide bonds. The molecule has 11 heteroatoms. The van der Waals surface area contributed by atoms with Crippen molar-refractivity contribution in [1.82, 2.24) is 0 Å². The van der Waals surface area contributed by atoms with Crippen molar-refractivity contribution in [3.63, 3.8) is 0 Å². The van der Waals surface area contributed by atoms with Crippen molar-refractivity contribution in [3.05, 3.63) is 0 Å². The van der Waals surface area contributed by atoms with Crippen LogP contribution in [-0.2, 0) is 14.3 Å². The number of hydrogen-bond acceptors (Lipinski definition) is 3. The number of ether oxygens (including phenoxy) is 2. The Bertz CT molecular complexity index is 407. The molecule has 3 nitrogen and oxygen atoms in total. The normalized spacial score (nSPS) is 18.0. The summed E-state index contributed by atoms with van der Waals surface area (Å²) in [5.74, 6) is -19.5. The molecular formula is C11H14F8O3. The summed E-state index contributed by atoms with van der Waals surface area (Å²) in [4.78, 5) is 10.6. The van der Waals surface area contributed by atoms with Crippen LogP contribution in [-0.4, -0.2) is 43.1 Å². The second kappa shape index (κ2) is 6.17. The van der Waals surface area contributed by atoms with Crippen LogP contribution in [0.4, 0.5) is 35.1 Å². The molecular weight excluding hydrogens is 332 g/mol. The van der Waals surface area contributed by atoms with Crippen molar-refractivity contribution in [2.75, 3.05) is 7.11 Å². The molecule has 0 radical (unpaired) electrons. The number of rotatable bonds is 7. The van der Waals surface area contributed by atoms with Crippen molar-refractivity contribution in [2.24, 2.45) is 5.92 Å². The molecule has 2 unspecified atom stereocenters. The quantitative estimate of drug-likeness (QED) is 0.521. The second-order valence-corrected chi connectivity index (χ2v) is 4.82. The molecule has 0 aromatic carbocycles. The molecule has 0 spiro atoms. The third kappa shape index (κ3) is 3.61. The van der Waals surface area contributed by atoms with Gasteiger partial charge in [-0.3, -0.25) is 4.74 Å². The van der Waals surface area contributed by atoms with E-state index in [1.807, 2.05) is 0 Å². The lowest BCUT2D eigenvalue weighted by atomic mass is 9.98. The van der Waals surface area contributed by atoms with Crippen molar-refractivity contribution in [1.29, 1.82) is 0 Å². The molecule has 22 heavy (non-hydrogen) atoms. The van der Waals surface area contributed by atoms with Crippen LogP contribution in [0.5, 0.6) is 0 Å². The van der Waals surface area contributed by atoms with Gasteiger partial charge in [-0.25, -0.2) is 22.4 Å². The third-order valence-corrected chi connectivity index (χ3v) is 2.73. The maximum absolute atomic E-state index is 14.0. The van der Waals surface area contributed by atoms with Gasteiger partial charge in [0.1, 0.15) is 0 Å². The van der Waals surface area contributed by atoms with Gasteiger partial charge in [-0.2, -0.15) is 17.6 Å². The first-order valence-corrected chi connectivity index (χ1v) is 5.79. The fourth-order valence-corrected chi connectivity index (χ4v) is 1.37. The number of methoxy groups -OCH3 is 1. The molecule has 0 aromatic heterocycles. The maximum Gasteiger partial charge on any atom is 0.425 e. The van der Waals surface area contributed by atoms with E-state index in [0.29, 0.717) is 21.0 Å². The topological polar surface area (TPSA) is 35.5 Å². The number of esters is 1. The summed E-state index contributed by atoms with van der Waals surface area (Å²) in [5, 5.41) is 0. The highest BCUT2D eigenvalue weighted by Gasteiger charge is 2.71. The van der Waals surface area contributed by atoms with Crippen LogP contribution in [0.15, 0.2) is 0 Å². The summed E-state index contributed by atoms with van der Waals surface area (Å²) >= 11 is 0. The van der Waals surface area contributed by atoms with E-state index >= 15 is 0 Å². The monoisotopic (exact) mass is 346 g/mol. The molecule has 132 valence electrons. The maximum atomic E-state index is 14.0. The van der Waals surface area contributed by atoms with E-state index in [-0.39, 0.29) is 6.92 Å². The summed E-state index contributed by atoms with van der Waals surface area (Å²) < 4.78 is 113. The van der Waals surface area contributed by atoms with E-state index in [2.05, 4.69) is 9.47 Å². The highest BCUT2D eigenvalue weighted by Crippen LogP contribution is 2.48. The van der Waals surface area contributed by atoms with Crippen LogP contribution in [0.3, 0.4) is 0 Å². The van der Waals surface area contributed by atoms with Crippen molar-refractivity contribution in [3.8, 4) is 0 Å². The van der Waals surface area contributed by atoms with E-state index in [4.69, 9.17) is 0 Å². The zero-order chi connectivity index (χ0) is 18.1.